The molecule has 0 atom stereocenters. The topological polar surface area (TPSA) is 66.0 Å². The summed E-state index contributed by atoms with van der Waals surface area (Å²) >= 11 is 0. The number of nitriles is 1. The molecule has 4 heteroatoms. The van der Waals surface area contributed by atoms with Crippen LogP contribution in [0.3, 0.4) is 0 Å². The molecule has 1 aromatic heterocycles. The van der Waals surface area contributed by atoms with Crippen LogP contribution < -0.4 is 5.32 Å². The quantitative estimate of drug-likeness (QED) is 0.845. The first-order chi connectivity index (χ1) is 7.50. The first-order valence-corrected chi connectivity index (χ1v) is 5.26. The van der Waals surface area contributed by atoms with Crippen molar-refractivity contribution in [1.82, 2.24) is 5.32 Å². The number of rotatable bonds is 4. The maximum absolute atomic E-state index is 11.8. The van der Waals surface area contributed by atoms with E-state index in [1.807, 2.05) is 6.92 Å². The summed E-state index contributed by atoms with van der Waals surface area (Å²) in [7, 11) is 0. The SMILES string of the molecule is CCc1occc1C(=O)NCC(C)(C)C#N. The summed E-state index contributed by atoms with van der Waals surface area (Å²) in [6.07, 6.45) is 2.18. The molecule has 0 aliphatic carbocycles. The van der Waals surface area contributed by atoms with Crippen LogP contribution in [0.2, 0.25) is 0 Å². The van der Waals surface area contributed by atoms with Gasteiger partial charge in [0.05, 0.1) is 23.3 Å². The highest BCUT2D eigenvalue weighted by Crippen LogP contribution is 2.13. The van der Waals surface area contributed by atoms with Crippen LogP contribution in [0.4, 0.5) is 0 Å². The zero-order chi connectivity index (χ0) is 12.2. The lowest BCUT2D eigenvalue weighted by atomic mass is 9.96. The average Bonchev–Trinajstić information content (AvgIpc) is 2.74. The van der Waals surface area contributed by atoms with Crippen molar-refractivity contribution in [1.29, 1.82) is 5.26 Å². The summed E-state index contributed by atoms with van der Waals surface area (Å²) in [4.78, 5) is 11.8. The first-order valence-electron chi connectivity index (χ1n) is 5.26. The van der Waals surface area contributed by atoms with Crippen LogP contribution in [0.5, 0.6) is 0 Å². The van der Waals surface area contributed by atoms with Gasteiger partial charge in [-0.3, -0.25) is 4.79 Å². The fraction of sp³-hybridized carbons (Fsp3) is 0.500. The number of amides is 1. The van der Waals surface area contributed by atoms with Crippen LogP contribution in [0.15, 0.2) is 16.7 Å². The number of hydrogen-bond acceptors (Lipinski definition) is 3. The van der Waals surface area contributed by atoms with Crippen molar-refractivity contribution in [3.63, 3.8) is 0 Å². The van der Waals surface area contributed by atoms with Gasteiger partial charge in [-0.05, 0) is 19.9 Å². The first kappa shape index (κ1) is 12.3. The zero-order valence-corrected chi connectivity index (χ0v) is 9.83. The molecule has 0 fully saturated rings. The second kappa shape index (κ2) is 4.84. The normalized spacial score (nSPS) is 10.9. The Labute approximate surface area is 95.2 Å². The van der Waals surface area contributed by atoms with Crippen molar-refractivity contribution < 1.29 is 9.21 Å². The van der Waals surface area contributed by atoms with E-state index in [9.17, 15) is 4.79 Å². The van der Waals surface area contributed by atoms with Crippen LogP contribution in [-0.2, 0) is 6.42 Å². The molecule has 0 saturated heterocycles. The van der Waals surface area contributed by atoms with Gasteiger partial charge in [0.15, 0.2) is 0 Å². The van der Waals surface area contributed by atoms with Gasteiger partial charge < -0.3 is 9.73 Å². The van der Waals surface area contributed by atoms with E-state index in [0.29, 0.717) is 24.3 Å². The molecule has 0 spiro atoms. The molecular weight excluding hydrogens is 204 g/mol. The summed E-state index contributed by atoms with van der Waals surface area (Å²) < 4.78 is 5.17. The minimum absolute atomic E-state index is 0.186. The highest BCUT2D eigenvalue weighted by molar-refractivity contribution is 5.95. The monoisotopic (exact) mass is 220 g/mol. The molecule has 0 aromatic carbocycles. The Morgan fingerprint density at radius 1 is 1.62 bits per heavy atom. The third kappa shape index (κ3) is 2.86. The molecule has 0 radical (unpaired) electrons. The number of aryl methyl sites for hydroxylation is 1. The van der Waals surface area contributed by atoms with Crippen molar-refractivity contribution in [2.75, 3.05) is 6.54 Å². The van der Waals surface area contributed by atoms with E-state index >= 15 is 0 Å². The van der Waals surface area contributed by atoms with E-state index in [2.05, 4.69) is 11.4 Å². The molecule has 1 heterocycles. The molecule has 4 nitrogen and oxygen atoms in total. The van der Waals surface area contributed by atoms with E-state index in [1.54, 1.807) is 19.9 Å². The number of carbonyl (C=O) groups excluding carboxylic acids is 1. The molecule has 0 aliphatic rings. The zero-order valence-electron chi connectivity index (χ0n) is 9.83. The lowest BCUT2D eigenvalue weighted by Crippen LogP contribution is -2.33. The van der Waals surface area contributed by atoms with Crippen LogP contribution in [0.25, 0.3) is 0 Å². The van der Waals surface area contributed by atoms with Gasteiger partial charge in [-0.1, -0.05) is 6.92 Å². The Morgan fingerprint density at radius 3 is 2.88 bits per heavy atom. The molecule has 0 saturated carbocycles. The van der Waals surface area contributed by atoms with E-state index < -0.39 is 5.41 Å². The van der Waals surface area contributed by atoms with E-state index in [4.69, 9.17) is 9.68 Å². The molecule has 1 aromatic rings. The van der Waals surface area contributed by atoms with E-state index in [1.165, 1.54) is 6.26 Å². The molecule has 1 N–H and O–H groups in total. The van der Waals surface area contributed by atoms with Gasteiger partial charge in [0.1, 0.15) is 5.76 Å². The second-order valence-corrected chi connectivity index (χ2v) is 4.29. The molecular formula is C12H16N2O2. The molecule has 86 valence electrons. The lowest BCUT2D eigenvalue weighted by molar-refractivity contribution is 0.0942. The number of nitrogens with one attached hydrogen (secondary N) is 1. The van der Waals surface area contributed by atoms with Gasteiger partial charge in [0.2, 0.25) is 0 Å². The largest absolute Gasteiger partial charge is 0.469 e. The van der Waals surface area contributed by atoms with Crippen molar-refractivity contribution in [2.45, 2.75) is 27.2 Å². The highest BCUT2D eigenvalue weighted by Gasteiger charge is 2.19. The number of furan rings is 1. The maximum Gasteiger partial charge on any atom is 0.254 e. The molecule has 16 heavy (non-hydrogen) atoms. The van der Waals surface area contributed by atoms with Gasteiger partial charge in [-0.2, -0.15) is 5.26 Å². The third-order valence-corrected chi connectivity index (χ3v) is 2.30. The Hall–Kier alpha value is -1.76. The van der Waals surface area contributed by atoms with Crippen LogP contribution in [-0.4, -0.2) is 12.5 Å². The van der Waals surface area contributed by atoms with E-state index in [0.717, 1.165) is 0 Å². The van der Waals surface area contributed by atoms with Crippen molar-refractivity contribution >= 4 is 5.91 Å². The number of carbonyl (C=O) groups is 1. The molecule has 0 unspecified atom stereocenters. The Morgan fingerprint density at radius 2 is 2.31 bits per heavy atom. The predicted octanol–water partition coefficient (Wildman–Crippen LogP) is 2.12. The number of nitrogens with zero attached hydrogens (tertiary/aromatic N) is 1. The molecule has 0 aliphatic heterocycles. The molecule has 1 amide bonds. The smallest absolute Gasteiger partial charge is 0.254 e. The summed E-state index contributed by atoms with van der Waals surface area (Å²) in [5, 5.41) is 11.5. The Balaban J connectivity index is 2.64. The maximum atomic E-state index is 11.8. The van der Waals surface area contributed by atoms with Crippen LogP contribution in [0.1, 0.15) is 36.9 Å². The van der Waals surface area contributed by atoms with Gasteiger partial charge in [0, 0.05) is 13.0 Å². The van der Waals surface area contributed by atoms with Crippen molar-refractivity contribution in [3.05, 3.63) is 23.7 Å². The summed E-state index contributed by atoms with van der Waals surface area (Å²) in [6.45, 7) is 5.82. The molecule has 1 rings (SSSR count). The molecule has 0 bridgehead atoms. The highest BCUT2D eigenvalue weighted by atomic mass is 16.3. The fourth-order valence-electron chi connectivity index (χ4n) is 1.25. The number of hydrogen-bond donors (Lipinski definition) is 1. The summed E-state index contributed by atoms with van der Waals surface area (Å²) in [5.41, 5.74) is 0.00225. The minimum Gasteiger partial charge on any atom is -0.469 e. The predicted molar refractivity (Wildman–Crippen MR) is 59.8 cm³/mol. The van der Waals surface area contributed by atoms with Crippen molar-refractivity contribution in [3.8, 4) is 6.07 Å². The van der Waals surface area contributed by atoms with Gasteiger partial charge >= 0.3 is 0 Å². The standard InChI is InChI=1S/C12H16N2O2/c1-4-10-9(5-6-16-10)11(15)14-8-12(2,3)7-13/h5-6H,4,8H2,1-3H3,(H,14,15). The lowest BCUT2D eigenvalue weighted by Gasteiger charge is -2.15. The van der Waals surface area contributed by atoms with Gasteiger partial charge in [-0.15, -0.1) is 0 Å². The summed E-state index contributed by atoms with van der Waals surface area (Å²) in [5.74, 6) is 0.487. The van der Waals surface area contributed by atoms with Crippen LogP contribution >= 0.6 is 0 Å². The minimum atomic E-state index is -0.550. The van der Waals surface area contributed by atoms with Gasteiger partial charge in [-0.25, -0.2) is 0 Å². The van der Waals surface area contributed by atoms with Crippen LogP contribution in [0, 0.1) is 16.7 Å². The Kier molecular flexibility index (Phi) is 3.73. The van der Waals surface area contributed by atoms with Crippen molar-refractivity contribution in [2.24, 2.45) is 5.41 Å². The summed E-state index contributed by atoms with van der Waals surface area (Å²) in [6, 6.07) is 3.78. The fourth-order valence-corrected chi connectivity index (χ4v) is 1.25. The van der Waals surface area contributed by atoms with Gasteiger partial charge in [0.25, 0.3) is 5.91 Å². The van der Waals surface area contributed by atoms with E-state index in [-0.39, 0.29) is 5.91 Å². The third-order valence-electron chi connectivity index (χ3n) is 2.30. The second-order valence-electron chi connectivity index (χ2n) is 4.29. The average molecular weight is 220 g/mol. The Bertz CT molecular complexity index is 413.